The molecule has 1 aliphatic heterocycles. The van der Waals surface area contributed by atoms with Crippen LogP contribution in [0.5, 0.6) is 0 Å². The van der Waals surface area contributed by atoms with E-state index in [1.54, 1.807) is 24.4 Å². The fourth-order valence-electron chi connectivity index (χ4n) is 3.38. The fourth-order valence-corrected chi connectivity index (χ4v) is 3.38. The molecule has 2 aromatic heterocycles. The molecule has 0 bridgehead atoms. The van der Waals surface area contributed by atoms with Crippen LogP contribution in [0.25, 0.3) is 10.9 Å². The number of nitrogens with one attached hydrogen (secondary N) is 1. The molecule has 1 N–H and O–H groups in total. The fraction of sp³-hybridized carbons (Fsp3) is 0.350. The topological polar surface area (TPSA) is 93.0 Å². The van der Waals surface area contributed by atoms with Gasteiger partial charge in [0, 0.05) is 19.3 Å². The van der Waals surface area contributed by atoms with Crippen LogP contribution in [0, 0.1) is 0 Å². The zero-order valence-corrected chi connectivity index (χ0v) is 15.5. The van der Waals surface area contributed by atoms with Crippen molar-refractivity contribution in [2.24, 2.45) is 0 Å². The van der Waals surface area contributed by atoms with Crippen molar-refractivity contribution in [3.05, 3.63) is 59.0 Å². The maximum absolute atomic E-state index is 12.5. The second-order valence-corrected chi connectivity index (χ2v) is 6.85. The molecule has 0 saturated carbocycles. The normalized spacial score (nSPS) is 14.2. The van der Waals surface area contributed by atoms with Gasteiger partial charge in [-0.25, -0.2) is 15.0 Å². The summed E-state index contributed by atoms with van der Waals surface area (Å²) in [4.78, 5) is 40.0. The number of anilines is 1. The van der Waals surface area contributed by atoms with E-state index < -0.39 is 0 Å². The molecule has 1 saturated heterocycles. The molecule has 1 fully saturated rings. The summed E-state index contributed by atoms with van der Waals surface area (Å²) in [5.41, 5.74) is 0.385. The van der Waals surface area contributed by atoms with Crippen LogP contribution in [0.2, 0.25) is 0 Å². The molecule has 0 unspecified atom stereocenters. The van der Waals surface area contributed by atoms with Crippen molar-refractivity contribution in [1.82, 2.24) is 24.8 Å². The number of para-hydroxylation sites is 1. The van der Waals surface area contributed by atoms with Crippen LogP contribution >= 0.6 is 0 Å². The number of amides is 1. The lowest BCUT2D eigenvalue weighted by atomic mass is 10.1. The van der Waals surface area contributed by atoms with Gasteiger partial charge in [0.15, 0.2) is 0 Å². The Kier molecular flexibility index (Phi) is 5.27. The van der Waals surface area contributed by atoms with Crippen LogP contribution in [0.4, 0.5) is 5.82 Å². The van der Waals surface area contributed by atoms with Gasteiger partial charge in [0.2, 0.25) is 5.91 Å². The Labute approximate surface area is 162 Å². The summed E-state index contributed by atoms with van der Waals surface area (Å²) in [6.45, 7) is 2.13. The van der Waals surface area contributed by atoms with E-state index in [1.807, 2.05) is 12.1 Å². The van der Waals surface area contributed by atoms with Crippen molar-refractivity contribution in [2.45, 2.75) is 32.4 Å². The summed E-state index contributed by atoms with van der Waals surface area (Å²) in [5, 5.41) is 3.28. The third-order valence-electron chi connectivity index (χ3n) is 4.86. The molecule has 0 aliphatic carbocycles. The van der Waals surface area contributed by atoms with Gasteiger partial charge in [-0.05, 0) is 37.5 Å². The first kappa shape index (κ1) is 18.1. The first-order valence-electron chi connectivity index (χ1n) is 9.48. The highest BCUT2D eigenvalue weighted by Gasteiger charge is 2.13. The van der Waals surface area contributed by atoms with Gasteiger partial charge >= 0.3 is 0 Å². The molecule has 1 aliphatic rings. The molecule has 0 atom stereocenters. The number of fused-ring (bicyclic) bond motifs is 1. The van der Waals surface area contributed by atoms with Gasteiger partial charge in [-0.2, -0.15) is 0 Å². The molecule has 0 radical (unpaired) electrons. The van der Waals surface area contributed by atoms with E-state index in [9.17, 15) is 9.59 Å². The summed E-state index contributed by atoms with van der Waals surface area (Å²) in [7, 11) is 0. The average Bonchev–Trinajstić information content (AvgIpc) is 2.75. The van der Waals surface area contributed by atoms with E-state index in [1.165, 1.54) is 30.2 Å². The minimum Gasteiger partial charge on any atom is -0.357 e. The molecule has 1 amide bonds. The van der Waals surface area contributed by atoms with Gasteiger partial charge in [0.25, 0.3) is 5.56 Å². The zero-order chi connectivity index (χ0) is 19.3. The monoisotopic (exact) mass is 378 g/mol. The van der Waals surface area contributed by atoms with E-state index in [-0.39, 0.29) is 24.6 Å². The van der Waals surface area contributed by atoms with Crippen LogP contribution in [0.1, 0.15) is 25.1 Å². The number of hydrogen-bond acceptors (Lipinski definition) is 6. The Balaban J connectivity index is 1.40. The molecule has 4 rings (SSSR count). The molecule has 8 heteroatoms. The van der Waals surface area contributed by atoms with Crippen LogP contribution in [-0.4, -0.2) is 38.5 Å². The van der Waals surface area contributed by atoms with Gasteiger partial charge in [-0.1, -0.05) is 12.1 Å². The first-order chi connectivity index (χ1) is 13.7. The molecular formula is C20H22N6O2. The molecule has 3 heterocycles. The number of nitrogens with zero attached hydrogens (tertiary/aromatic N) is 5. The minimum absolute atomic E-state index is 0.0948. The second kappa shape index (κ2) is 8.16. The van der Waals surface area contributed by atoms with E-state index >= 15 is 0 Å². The highest BCUT2D eigenvalue weighted by molar-refractivity contribution is 5.78. The Bertz CT molecular complexity index is 1040. The molecule has 1 aromatic carbocycles. The number of aromatic nitrogens is 4. The highest BCUT2D eigenvalue weighted by Crippen LogP contribution is 2.16. The smallest absolute Gasteiger partial charge is 0.261 e. The molecule has 8 nitrogen and oxygen atoms in total. The predicted octanol–water partition coefficient (Wildman–Crippen LogP) is 1.49. The molecule has 3 aromatic rings. The zero-order valence-electron chi connectivity index (χ0n) is 15.5. The average molecular weight is 378 g/mol. The second-order valence-electron chi connectivity index (χ2n) is 6.85. The molecular weight excluding hydrogens is 356 g/mol. The summed E-state index contributed by atoms with van der Waals surface area (Å²) >= 11 is 0. The largest absolute Gasteiger partial charge is 0.357 e. The van der Waals surface area contributed by atoms with Crippen molar-refractivity contribution in [1.29, 1.82) is 0 Å². The van der Waals surface area contributed by atoms with Crippen molar-refractivity contribution in [3.63, 3.8) is 0 Å². The van der Waals surface area contributed by atoms with Crippen molar-refractivity contribution >= 4 is 22.6 Å². The van der Waals surface area contributed by atoms with Gasteiger partial charge in [-0.15, -0.1) is 0 Å². The predicted molar refractivity (Wildman–Crippen MR) is 106 cm³/mol. The Morgan fingerprint density at radius 1 is 1.07 bits per heavy atom. The Morgan fingerprint density at radius 2 is 1.89 bits per heavy atom. The summed E-state index contributed by atoms with van der Waals surface area (Å²) < 4.78 is 1.31. The van der Waals surface area contributed by atoms with Crippen molar-refractivity contribution in [3.8, 4) is 0 Å². The van der Waals surface area contributed by atoms with Gasteiger partial charge in [-0.3, -0.25) is 14.2 Å². The maximum Gasteiger partial charge on any atom is 0.261 e. The maximum atomic E-state index is 12.5. The lowest BCUT2D eigenvalue weighted by Gasteiger charge is -2.27. The minimum atomic E-state index is -0.286. The van der Waals surface area contributed by atoms with Crippen LogP contribution in [0.15, 0.2) is 47.7 Å². The van der Waals surface area contributed by atoms with E-state index in [4.69, 9.17) is 0 Å². The Hall–Kier alpha value is -3.29. The third-order valence-corrected chi connectivity index (χ3v) is 4.86. The molecule has 0 spiro atoms. The van der Waals surface area contributed by atoms with E-state index in [0.29, 0.717) is 16.7 Å². The van der Waals surface area contributed by atoms with Crippen LogP contribution in [-0.2, 0) is 17.9 Å². The quantitative estimate of drug-likeness (QED) is 0.723. The summed E-state index contributed by atoms with van der Waals surface area (Å²) in [6.07, 6.45) is 6.72. The number of carbonyl (C=O) groups excluding carboxylic acids is 1. The first-order valence-corrected chi connectivity index (χ1v) is 9.48. The SMILES string of the molecule is O=C(Cn1cnc2ccccc2c1=O)NCc1nccc(N2CCCCC2)n1. The highest BCUT2D eigenvalue weighted by atomic mass is 16.2. The number of benzene rings is 1. The number of hydrogen-bond donors (Lipinski definition) is 1. The summed E-state index contributed by atoms with van der Waals surface area (Å²) in [5.74, 6) is 1.17. The Morgan fingerprint density at radius 3 is 2.75 bits per heavy atom. The van der Waals surface area contributed by atoms with Crippen molar-refractivity contribution < 1.29 is 4.79 Å². The molecule has 28 heavy (non-hydrogen) atoms. The lowest BCUT2D eigenvalue weighted by molar-refractivity contribution is -0.121. The third kappa shape index (κ3) is 4.00. The van der Waals surface area contributed by atoms with Gasteiger partial charge in [0.05, 0.1) is 23.8 Å². The summed E-state index contributed by atoms with van der Waals surface area (Å²) in [6, 6.07) is 8.98. The van der Waals surface area contributed by atoms with E-state index in [2.05, 4.69) is 25.2 Å². The van der Waals surface area contributed by atoms with Crippen LogP contribution < -0.4 is 15.8 Å². The number of rotatable bonds is 5. The van der Waals surface area contributed by atoms with Crippen molar-refractivity contribution in [2.75, 3.05) is 18.0 Å². The standard InChI is InChI=1S/C20H22N6O2/c27-19(13-26-14-23-16-7-3-2-6-15(16)20(26)28)22-12-17-21-9-8-18(24-17)25-10-4-1-5-11-25/h2-3,6-9,14H,1,4-5,10-13H2,(H,22,27). The lowest BCUT2D eigenvalue weighted by Crippen LogP contribution is -2.33. The number of piperidine rings is 1. The van der Waals surface area contributed by atoms with E-state index in [0.717, 1.165) is 18.9 Å². The van der Waals surface area contributed by atoms with Gasteiger partial charge in [0.1, 0.15) is 18.2 Å². The number of carbonyl (C=O) groups is 1. The van der Waals surface area contributed by atoms with Gasteiger partial charge < -0.3 is 10.2 Å². The van der Waals surface area contributed by atoms with Crippen LogP contribution in [0.3, 0.4) is 0 Å². The molecule has 144 valence electrons.